The number of hydrogen-bond donors (Lipinski definition) is 4. The van der Waals surface area contributed by atoms with E-state index in [1.54, 1.807) is 25.1 Å². The lowest BCUT2D eigenvalue weighted by Crippen LogP contribution is -2.61. The highest BCUT2D eigenvalue weighted by atomic mass is 35.5. The van der Waals surface area contributed by atoms with Crippen LogP contribution in [0.1, 0.15) is 111 Å². The van der Waals surface area contributed by atoms with Gasteiger partial charge in [0.2, 0.25) is 41.4 Å². The molecule has 64 heavy (non-hydrogen) atoms. The Bertz CT molecular complexity index is 1870. The fraction of sp³-hybridized carbons (Fsp3) is 0.705. The lowest BCUT2D eigenvalue weighted by molar-refractivity contribution is -0.236. The minimum Gasteiger partial charge on any atom is -0.354 e. The first kappa shape index (κ1) is 52.4. The number of amides is 7. The van der Waals surface area contributed by atoms with Gasteiger partial charge in [0.15, 0.2) is 0 Å². The third kappa shape index (κ3) is 12.8. The van der Waals surface area contributed by atoms with Crippen molar-refractivity contribution in [1.29, 1.82) is 0 Å². The molecule has 1 aliphatic carbocycles. The minimum atomic E-state index is -4.92. The summed E-state index contributed by atoms with van der Waals surface area (Å²) in [7, 11) is 1.40. The number of carbonyl (C=O) groups is 7. The SMILES string of the molecule is CCCN(C(=O)[C@H](C)NC(=O)[C@@H]1C[C@@H](F)CN1C(=O)C1(C(F)(F)F)CCCCC1)[C@H]1CCCCNC(=O)[C@@H](C)NC(=O)[C@H](Cc2cc(Cl)ccc2Cl)N(C)C(=O)[C@H](CC(C)C)NC1=O. The Morgan fingerprint density at radius 2 is 1.64 bits per heavy atom. The van der Waals surface area contributed by atoms with Crippen LogP contribution in [0.15, 0.2) is 18.2 Å². The van der Waals surface area contributed by atoms with Crippen LogP contribution < -0.4 is 21.3 Å². The number of carbonyl (C=O) groups excluding carboxylic acids is 7. The molecular weight excluding hydrogens is 885 g/mol. The van der Waals surface area contributed by atoms with Gasteiger partial charge < -0.3 is 36.0 Å². The second-order valence-corrected chi connectivity index (χ2v) is 18.7. The van der Waals surface area contributed by atoms with Crippen LogP contribution in [0.25, 0.3) is 0 Å². The van der Waals surface area contributed by atoms with Gasteiger partial charge in [0.25, 0.3) is 0 Å². The maximum absolute atomic E-state index is 14.9. The van der Waals surface area contributed by atoms with Gasteiger partial charge in [-0.3, -0.25) is 33.6 Å². The smallest absolute Gasteiger partial charge is 0.354 e. The standard InChI is InChI=1S/C44H63Cl2F4N7O7/c1-7-19-56(40(62)27(5)53-39(61)35-23-30(47)24-57(35)42(64)43(44(48,49)50)16-10-8-11-17-43)33-13-9-12-18-51-36(58)26(4)52-38(60)34(22-28-21-29(45)14-15-31(28)46)55(6)41(63)32(20-25(2)3)54-37(33)59/h14-15,21,25-27,30,32-35H,7-13,16-20,22-24H2,1-6H3,(H,51,58)(H,52,60)(H,53,61)(H,54,59)/t26-,27+,30-,32+,33+,34+,35+/m1/s1. The molecule has 1 saturated carbocycles. The first-order chi connectivity index (χ1) is 30.0. The fourth-order valence-corrected chi connectivity index (χ4v) is 9.28. The van der Waals surface area contributed by atoms with Gasteiger partial charge in [0, 0.05) is 43.0 Å². The van der Waals surface area contributed by atoms with Gasteiger partial charge in [-0.15, -0.1) is 0 Å². The molecule has 4 N–H and O–H groups in total. The number of nitrogens with one attached hydrogen (secondary N) is 4. The van der Waals surface area contributed by atoms with Gasteiger partial charge >= 0.3 is 6.18 Å². The molecular formula is C44H63Cl2F4N7O7. The molecule has 7 atom stereocenters. The van der Waals surface area contributed by atoms with Crippen LogP contribution in [0.5, 0.6) is 0 Å². The second-order valence-electron chi connectivity index (χ2n) is 17.8. The normalized spacial score (nSPS) is 25.9. The summed E-state index contributed by atoms with van der Waals surface area (Å²) in [6, 6.07) is -2.95. The zero-order valence-corrected chi connectivity index (χ0v) is 38.9. The Hall–Kier alpha value is -4.19. The van der Waals surface area contributed by atoms with Gasteiger partial charge in [-0.2, -0.15) is 13.2 Å². The molecule has 2 aliphatic heterocycles. The molecule has 3 aliphatic rings. The third-order valence-electron chi connectivity index (χ3n) is 12.4. The number of nitrogens with zero attached hydrogens (tertiary/aromatic N) is 3. The molecule has 1 aromatic carbocycles. The molecule has 0 radical (unpaired) electrons. The van der Waals surface area contributed by atoms with Crippen molar-refractivity contribution < 1.29 is 51.1 Å². The minimum absolute atomic E-state index is 0.00537. The Balaban J connectivity index is 1.64. The van der Waals surface area contributed by atoms with Crippen LogP contribution in [0, 0.1) is 11.3 Å². The molecule has 2 heterocycles. The molecule has 0 aromatic heterocycles. The molecule has 0 bridgehead atoms. The number of benzene rings is 1. The molecule has 2 saturated heterocycles. The fourth-order valence-electron chi connectivity index (χ4n) is 8.89. The van der Waals surface area contributed by atoms with Crippen LogP contribution in [-0.4, -0.2) is 131 Å². The summed E-state index contributed by atoms with van der Waals surface area (Å²) in [5, 5.41) is 11.4. The van der Waals surface area contributed by atoms with Gasteiger partial charge in [-0.1, -0.05) is 63.2 Å². The van der Waals surface area contributed by atoms with Crippen LogP contribution in [0.2, 0.25) is 10.0 Å². The number of likely N-dealkylation sites (tertiary alicyclic amines) is 1. The second kappa shape index (κ2) is 22.8. The molecule has 0 unspecified atom stereocenters. The summed E-state index contributed by atoms with van der Waals surface area (Å²) in [6.45, 7) is 7.72. The third-order valence-corrected chi connectivity index (χ3v) is 13.0. The van der Waals surface area contributed by atoms with Gasteiger partial charge in [0.1, 0.15) is 47.8 Å². The molecule has 4 rings (SSSR count). The summed E-state index contributed by atoms with van der Waals surface area (Å²) in [5.41, 5.74) is -2.29. The van der Waals surface area contributed by atoms with Crippen molar-refractivity contribution in [3.05, 3.63) is 33.8 Å². The van der Waals surface area contributed by atoms with Crippen molar-refractivity contribution in [2.75, 3.05) is 26.7 Å². The van der Waals surface area contributed by atoms with E-state index in [0.717, 1.165) is 0 Å². The quantitative estimate of drug-likeness (QED) is 0.219. The van der Waals surface area contributed by atoms with E-state index in [-0.39, 0.29) is 56.1 Å². The van der Waals surface area contributed by atoms with Crippen LogP contribution in [0.4, 0.5) is 17.6 Å². The highest BCUT2D eigenvalue weighted by Gasteiger charge is 2.62. The highest BCUT2D eigenvalue weighted by Crippen LogP contribution is 2.51. The van der Waals surface area contributed by atoms with Crippen LogP contribution >= 0.6 is 23.2 Å². The lowest BCUT2D eigenvalue weighted by atomic mass is 9.72. The van der Waals surface area contributed by atoms with E-state index >= 15 is 0 Å². The largest absolute Gasteiger partial charge is 0.403 e. The summed E-state index contributed by atoms with van der Waals surface area (Å²) >= 11 is 12.7. The molecule has 0 spiro atoms. The van der Waals surface area contributed by atoms with Crippen molar-refractivity contribution in [2.45, 2.75) is 160 Å². The number of hydrogen-bond acceptors (Lipinski definition) is 7. The van der Waals surface area contributed by atoms with E-state index in [0.29, 0.717) is 41.2 Å². The maximum Gasteiger partial charge on any atom is 0.403 e. The van der Waals surface area contributed by atoms with E-state index in [2.05, 4.69) is 21.3 Å². The molecule has 7 amide bonds. The molecule has 1 aromatic rings. The van der Waals surface area contributed by atoms with Gasteiger partial charge in [-0.05, 0) is 88.5 Å². The van der Waals surface area contributed by atoms with Crippen molar-refractivity contribution in [3.8, 4) is 0 Å². The van der Waals surface area contributed by atoms with E-state index < -0.39 is 121 Å². The van der Waals surface area contributed by atoms with E-state index in [1.807, 2.05) is 13.8 Å². The summed E-state index contributed by atoms with van der Waals surface area (Å²) in [5.74, 6) is -5.74. The number of likely N-dealkylation sites (N-methyl/N-ethyl adjacent to an activating group) is 1. The Morgan fingerprint density at radius 1 is 0.969 bits per heavy atom. The Kier molecular flexibility index (Phi) is 18.7. The summed E-state index contributed by atoms with van der Waals surface area (Å²) in [6.07, 6.45) is -6.31. The average molecular weight is 949 g/mol. The maximum atomic E-state index is 14.9. The summed E-state index contributed by atoms with van der Waals surface area (Å²) < 4.78 is 58.6. The molecule has 14 nitrogen and oxygen atoms in total. The van der Waals surface area contributed by atoms with Gasteiger partial charge in [0.05, 0.1) is 6.54 Å². The van der Waals surface area contributed by atoms with E-state index in [9.17, 15) is 51.1 Å². The Labute approximate surface area is 382 Å². The topological polar surface area (TPSA) is 177 Å². The van der Waals surface area contributed by atoms with Crippen molar-refractivity contribution in [2.24, 2.45) is 11.3 Å². The van der Waals surface area contributed by atoms with E-state index in [1.165, 1.54) is 30.7 Å². The van der Waals surface area contributed by atoms with Gasteiger partial charge in [-0.25, -0.2) is 4.39 Å². The first-order valence-corrected chi connectivity index (χ1v) is 23.0. The highest BCUT2D eigenvalue weighted by molar-refractivity contribution is 6.33. The number of alkyl halides is 4. The van der Waals surface area contributed by atoms with Crippen LogP contribution in [0.3, 0.4) is 0 Å². The predicted octanol–water partition coefficient (Wildman–Crippen LogP) is 5.26. The lowest BCUT2D eigenvalue weighted by Gasteiger charge is -2.41. The Morgan fingerprint density at radius 3 is 2.27 bits per heavy atom. The zero-order valence-electron chi connectivity index (χ0n) is 37.4. The monoisotopic (exact) mass is 947 g/mol. The van der Waals surface area contributed by atoms with Crippen molar-refractivity contribution in [1.82, 2.24) is 36.0 Å². The van der Waals surface area contributed by atoms with Crippen molar-refractivity contribution in [3.63, 3.8) is 0 Å². The zero-order chi connectivity index (χ0) is 47.7. The molecule has 358 valence electrons. The number of halogens is 6. The summed E-state index contributed by atoms with van der Waals surface area (Å²) in [4.78, 5) is 101. The van der Waals surface area contributed by atoms with E-state index in [4.69, 9.17) is 23.2 Å². The van der Waals surface area contributed by atoms with Crippen LogP contribution in [-0.2, 0) is 40.0 Å². The molecule has 20 heteroatoms. The average Bonchev–Trinajstić information content (AvgIpc) is 3.63. The number of rotatable bonds is 11. The first-order valence-electron chi connectivity index (χ1n) is 22.2. The molecule has 3 fully saturated rings. The van der Waals surface area contributed by atoms with Crippen molar-refractivity contribution >= 4 is 64.6 Å². The predicted molar refractivity (Wildman–Crippen MR) is 233 cm³/mol.